The van der Waals surface area contributed by atoms with Crippen LogP contribution in [-0.2, 0) is 6.54 Å². The largest absolute Gasteiger partial charge is 0.272 e. The number of pyridine rings is 2. The van der Waals surface area contributed by atoms with E-state index in [1.165, 1.54) is 0 Å². The fourth-order valence-corrected chi connectivity index (χ4v) is 3.23. The summed E-state index contributed by atoms with van der Waals surface area (Å²) in [7, 11) is 0. The first-order chi connectivity index (χ1) is 13.4. The van der Waals surface area contributed by atoms with Crippen LogP contribution in [-0.4, -0.2) is 25.4 Å². The molecule has 3 aromatic heterocycles. The molecule has 0 aliphatic rings. The molecular weight excluding hydrogens is 351 g/mol. The number of aryl methyl sites for hydroxylation is 2. The molecule has 0 unspecified atom stereocenters. The Kier molecular flexibility index (Phi) is 4.67. The van der Waals surface area contributed by atoms with E-state index < -0.39 is 5.67 Å². The van der Waals surface area contributed by atoms with Crippen molar-refractivity contribution in [2.45, 2.75) is 39.4 Å². The second-order valence-electron chi connectivity index (χ2n) is 7.72. The Hall–Kier alpha value is -3.08. The lowest BCUT2D eigenvalue weighted by Gasteiger charge is -2.13. The molecule has 142 valence electrons. The number of halogens is 1. The summed E-state index contributed by atoms with van der Waals surface area (Å²) in [6.45, 7) is 5.71. The van der Waals surface area contributed by atoms with E-state index >= 15 is 0 Å². The zero-order valence-corrected chi connectivity index (χ0v) is 16.4. The van der Waals surface area contributed by atoms with Crippen LogP contribution in [0, 0.1) is 6.92 Å². The molecule has 4 rings (SSSR count). The van der Waals surface area contributed by atoms with Gasteiger partial charge >= 0.3 is 0 Å². The van der Waals surface area contributed by atoms with Crippen LogP contribution in [0.25, 0.3) is 33.3 Å². The third kappa shape index (κ3) is 3.93. The van der Waals surface area contributed by atoms with Crippen LogP contribution >= 0.6 is 0 Å². The smallest absolute Gasteiger partial charge is 0.107 e. The van der Waals surface area contributed by atoms with Crippen LogP contribution in [0.1, 0.15) is 26.0 Å². The molecule has 28 heavy (non-hydrogen) atoms. The first-order valence-corrected chi connectivity index (χ1v) is 9.44. The van der Waals surface area contributed by atoms with Gasteiger partial charge in [0.25, 0.3) is 0 Å². The minimum atomic E-state index is -1.21. The predicted octanol–water partition coefficient (Wildman–Crippen LogP) is 5.61. The van der Waals surface area contributed by atoms with Crippen LogP contribution in [0.5, 0.6) is 0 Å². The van der Waals surface area contributed by atoms with E-state index in [4.69, 9.17) is 4.98 Å². The van der Waals surface area contributed by atoms with Crippen LogP contribution < -0.4 is 0 Å². The molecule has 0 saturated heterocycles. The molecule has 3 heterocycles. The lowest BCUT2D eigenvalue weighted by molar-refractivity contribution is 0.190. The van der Waals surface area contributed by atoms with Gasteiger partial charge in [-0.05, 0) is 39.0 Å². The number of benzene rings is 1. The van der Waals surface area contributed by atoms with Gasteiger partial charge in [0.2, 0.25) is 0 Å². The summed E-state index contributed by atoms with van der Waals surface area (Å²) in [4.78, 5) is 9.26. The van der Waals surface area contributed by atoms with E-state index in [1.54, 1.807) is 24.7 Å². The molecule has 4 nitrogen and oxygen atoms in total. The summed E-state index contributed by atoms with van der Waals surface area (Å²) in [5, 5.41) is 5.51. The summed E-state index contributed by atoms with van der Waals surface area (Å²) in [5.74, 6) is 0. The van der Waals surface area contributed by atoms with Gasteiger partial charge in [0.05, 0.1) is 17.4 Å². The van der Waals surface area contributed by atoms with E-state index in [2.05, 4.69) is 34.3 Å². The minimum Gasteiger partial charge on any atom is -0.272 e. The summed E-state index contributed by atoms with van der Waals surface area (Å²) in [5.41, 5.74) is 4.58. The van der Waals surface area contributed by atoms with Crippen molar-refractivity contribution in [1.29, 1.82) is 0 Å². The summed E-state index contributed by atoms with van der Waals surface area (Å²) in [6.07, 6.45) is 6.00. The zero-order chi connectivity index (χ0) is 19.7. The van der Waals surface area contributed by atoms with Crippen molar-refractivity contribution in [3.63, 3.8) is 0 Å². The Bertz CT molecular complexity index is 1120. The fraction of sp³-hybridized carbons (Fsp3) is 0.261. The lowest BCUT2D eigenvalue weighted by Crippen LogP contribution is -2.15. The first kappa shape index (κ1) is 18.3. The Morgan fingerprint density at radius 3 is 2.75 bits per heavy atom. The normalized spacial score (nSPS) is 11.9. The highest BCUT2D eigenvalue weighted by Crippen LogP contribution is 2.32. The SMILES string of the molecule is Cc1ccc(-c2cnn(CCC(C)(C)F)c2)c(-c2ccc3cccnc3c2)n1. The van der Waals surface area contributed by atoms with E-state index in [0.717, 1.165) is 39.0 Å². The maximum absolute atomic E-state index is 13.8. The number of rotatable bonds is 5. The van der Waals surface area contributed by atoms with Crippen molar-refractivity contribution in [2.24, 2.45) is 0 Å². The average Bonchev–Trinajstić information content (AvgIpc) is 3.14. The standard InChI is InChI=1S/C23H23FN4/c1-16-6-9-20(19-14-26-28(15-19)12-10-23(2,3)24)22(27-16)18-8-7-17-5-4-11-25-21(17)13-18/h4-9,11,13-15H,10,12H2,1-3H3. The van der Waals surface area contributed by atoms with Crippen molar-refractivity contribution in [3.05, 3.63) is 66.7 Å². The van der Waals surface area contributed by atoms with Crippen LogP contribution in [0.15, 0.2) is 61.1 Å². The quantitative estimate of drug-likeness (QED) is 0.456. The third-order valence-electron chi connectivity index (χ3n) is 4.79. The molecule has 0 saturated carbocycles. The van der Waals surface area contributed by atoms with E-state index in [0.29, 0.717) is 13.0 Å². The molecule has 0 fully saturated rings. The van der Waals surface area contributed by atoms with Gasteiger partial charge in [0.15, 0.2) is 0 Å². The number of hydrogen-bond acceptors (Lipinski definition) is 3. The molecule has 0 aliphatic heterocycles. The monoisotopic (exact) mass is 374 g/mol. The molecule has 4 aromatic rings. The molecule has 0 aliphatic carbocycles. The number of nitrogens with zero attached hydrogens (tertiary/aromatic N) is 4. The van der Waals surface area contributed by atoms with Crippen molar-refractivity contribution in [3.8, 4) is 22.4 Å². The molecule has 1 aromatic carbocycles. The topological polar surface area (TPSA) is 43.6 Å². The summed E-state index contributed by atoms with van der Waals surface area (Å²) >= 11 is 0. The molecule has 0 amide bonds. The van der Waals surface area contributed by atoms with E-state index in [-0.39, 0.29) is 0 Å². The maximum Gasteiger partial charge on any atom is 0.107 e. The van der Waals surface area contributed by atoms with E-state index in [1.807, 2.05) is 37.5 Å². The van der Waals surface area contributed by atoms with Crippen molar-refractivity contribution in [1.82, 2.24) is 19.7 Å². The molecule has 0 radical (unpaired) electrons. The van der Waals surface area contributed by atoms with Crippen LogP contribution in [0.2, 0.25) is 0 Å². The van der Waals surface area contributed by atoms with Gasteiger partial charge in [-0.15, -0.1) is 0 Å². The van der Waals surface area contributed by atoms with Gasteiger partial charge < -0.3 is 0 Å². The number of alkyl halides is 1. The Morgan fingerprint density at radius 1 is 1.07 bits per heavy atom. The average molecular weight is 374 g/mol. The molecule has 0 spiro atoms. The molecular formula is C23H23FN4. The molecule has 5 heteroatoms. The highest BCUT2D eigenvalue weighted by Gasteiger charge is 2.16. The van der Waals surface area contributed by atoms with Crippen LogP contribution in [0.3, 0.4) is 0 Å². The second-order valence-corrected chi connectivity index (χ2v) is 7.72. The molecule has 0 bridgehead atoms. The van der Waals surface area contributed by atoms with E-state index in [9.17, 15) is 4.39 Å². The third-order valence-corrected chi connectivity index (χ3v) is 4.79. The lowest BCUT2D eigenvalue weighted by atomic mass is 10.00. The highest BCUT2D eigenvalue weighted by atomic mass is 19.1. The minimum absolute atomic E-state index is 0.420. The summed E-state index contributed by atoms with van der Waals surface area (Å²) < 4.78 is 15.6. The van der Waals surface area contributed by atoms with Gasteiger partial charge in [-0.3, -0.25) is 14.6 Å². The van der Waals surface area contributed by atoms with Crippen molar-refractivity contribution >= 4 is 10.9 Å². The zero-order valence-electron chi connectivity index (χ0n) is 16.4. The van der Waals surface area contributed by atoms with Gasteiger partial charge in [-0.25, -0.2) is 4.39 Å². The van der Waals surface area contributed by atoms with Gasteiger partial charge in [-0.1, -0.05) is 24.3 Å². The van der Waals surface area contributed by atoms with Crippen molar-refractivity contribution < 1.29 is 4.39 Å². The summed E-state index contributed by atoms with van der Waals surface area (Å²) in [6, 6.07) is 14.3. The molecule has 0 atom stereocenters. The Balaban J connectivity index is 1.73. The highest BCUT2D eigenvalue weighted by molar-refractivity contribution is 5.87. The second kappa shape index (κ2) is 7.15. The first-order valence-electron chi connectivity index (χ1n) is 9.44. The van der Waals surface area contributed by atoms with Gasteiger partial charge in [0, 0.05) is 53.1 Å². The number of aromatic nitrogens is 4. The van der Waals surface area contributed by atoms with Gasteiger partial charge in [0.1, 0.15) is 5.67 Å². The predicted molar refractivity (Wildman–Crippen MR) is 111 cm³/mol. The van der Waals surface area contributed by atoms with Crippen LogP contribution in [0.4, 0.5) is 4.39 Å². The Labute approximate surface area is 164 Å². The van der Waals surface area contributed by atoms with Gasteiger partial charge in [-0.2, -0.15) is 5.10 Å². The van der Waals surface area contributed by atoms with Crippen molar-refractivity contribution in [2.75, 3.05) is 0 Å². The molecule has 0 N–H and O–H groups in total. The fourth-order valence-electron chi connectivity index (χ4n) is 3.23. The maximum atomic E-state index is 13.8. The Morgan fingerprint density at radius 2 is 1.93 bits per heavy atom. The number of fused-ring (bicyclic) bond motifs is 1. The number of hydrogen-bond donors (Lipinski definition) is 0.